The molecule has 0 aliphatic heterocycles. The van der Waals surface area contributed by atoms with E-state index >= 15 is 0 Å². The monoisotopic (exact) mass is 227 g/mol. The molecule has 0 atom stereocenters. The van der Waals surface area contributed by atoms with Crippen LogP contribution in [0.3, 0.4) is 0 Å². The van der Waals surface area contributed by atoms with E-state index in [9.17, 15) is 13.2 Å². The van der Waals surface area contributed by atoms with Crippen LogP contribution in [0, 0.1) is 24.4 Å². The zero-order valence-corrected chi connectivity index (χ0v) is 8.31. The topological polar surface area (TPSA) is 40.7 Å². The van der Waals surface area contributed by atoms with Gasteiger partial charge in [0.05, 0.1) is 5.69 Å². The van der Waals surface area contributed by atoms with Crippen molar-refractivity contribution in [1.29, 1.82) is 0 Å². The molecule has 2 aromatic rings. The Morgan fingerprint density at radius 3 is 2.44 bits per heavy atom. The van der Waals surface area contributed by atoms with Gasteiger partial charge in [0.25, 0.3) is 0 Å². The molecule has 6 heteroatoms. The van der Waals surface area contributed by atoms with Gasteiger partial charge in [-0.05, 0) is 6.92 Å². The van der Waals surface area contributed by atoms with Crippen molar-refractivity contribution in [3.63, 3.8) is 0 Å². The zero-order valence-electron chi connectivity index (χ0n) is 8.31. The highest BCUT2D eigenvalue weighted by Crippen LogP contribution is 2.21. The van der Waals surface area contributed by atoms with Crippen molar-refractivity contribution >= 4 is 11.6 Å². The summed E-state index contributed by atoms with van der Waals surface area (Å²) in [5, 5.41) is 2.51. The first-order valence-electron chi connectivity index (χ1n) is 4.49. The fourth-order valence-corrected chi connectivity index (χ4v) is 1.22. The molecule has 0 bridgehead atoms. The smallest absolute Gasteiger partial charge is 0.204 e. The molecule has 1 aromatic heterocycles. The van der Waals surface area contributed by atoms with E-state index in [-0.39, 0.29) is 11.6 Å². The second kappa shape index (κ2) is 3.88. The van der Waals surface area contributed by atoms with E-state index in [0.29, 0.717) is 6.07 Å². The summed E-state index contributed by atoms with van der Waals surface area (Å²) in [6.07, 6.45) is 1.53. The second-order valence-corrected chi connectivity index (χ2v) is 3.29. The molecule has 1 heterocycles. The summed E-state index contributed by atoms with van der Waals surface area (Å²) in [6.45, 7) is 1.76. The van der Waals surface area contributed by atoms with Crippen LogP contribution >= 0.6 is 0 Å². The van der Waals surface area contributed by atoms with Crippen molar-refractivity contribution < 1.29 is 13.2 Å². The van der Waals surface area contributed by atoms with Crippen molar-refractivity contribution in [3.8, 4) is 0 Å². The third-order valence-corrected chi connectivity index (χ3v) is 1.97. The Bertz CT molecular complexity index is 522. The quantitative estimate of drug-likeness (QED) is 0.774. The number of aromatic amines is 1. The van der Waals surface area contributed by atoms with E-state index in [1.165, 1.54) is 6.20 Å². The summed E-state index contributed by atoms with van der Waals surface area (Å²) in [6, 6.07) is 1.22. The van der Waals surface area contributed by atoms with Gasteiger partial charge in [-0.25, -0.2) is 18.2 Å². The number of hydrogen-bond acceptors (Lipinski definition) is 2. The highest BCUT2D eigenvalue weighted by atomic mass is 19.2. The number of nitrogens with zero attached hydrogens (tertiary/aromatic N) is 1. The molecule has 0 fully saturated rings. The van der Waals surface area contributed by atoms with Crippen LogP contribution in [0.2, 0.25) is 0 Å². The van der Waals surface area contributed by atoms with E-state index < -0.39 is 17.5 Å². The van der Waals surface area contributed by atoms with Gasteiger partial charge in [-0.15, -0.1) is 0 Å². The summed E-state index contributed by atoms with van der Waals surface area (Å²) >= 11 is 0. The largest absolute Gasteiger partial charge is 0.328 e. The van der Waals surface area contributed by atoms with Gasteiger partial charge in [0.1, 0.15) is 5.82 Å². The minimum atomic E-state index is -1.22. The third kappa shape index (κ3) is 2.00. The van der Waals surface area contributed by atoms with Gasteiger partial charge in [0, 0.05) is 24.0 Å². The Kier molecular flexibility index (Phi) is 2.55. The molecule has 0 radical (unpaired) electrons. The van der Waals surface area contributed by atoms with Crippen LogP contribution in [0.4, 0.5) is 24.8 Å². The molecule has 0 aliphatic carbocycles. The van der Waals surface area contributed by atoms with Crippen LogP contribution in [0.25, 0.3) is 0 Å². The van der Waals surface area contributed by atoms with Crippen LogP contribution in [0.5, 0.6) is 0 Å². The number of benzene rings is 1. The van der Waals surface area contributed by atoms with Crippen molar-refractivity contribution in [1.82, 2.24) is 9.97 Å². The van der Waals surface area contributed by atoms with Crippen LogP contribution in [0.15, 0.2) is 18.3 Å². The zero-order chi connectivity index (χ0) is 11.7. The highest BCUT2D eigenvalue weighted by molar-refractivity contribution is 5.54. The van der Waals surface area contributed by atoms with E-state index in [2.05, 4.69) is 15.3 Å². The van der Waals surface area contributed by atoms with E-state index in [1.807, 2.05) is 0 Å². The van der Waals surface area contributed by atoms with Gasteiger partial charge in [0.15, 0.2) is 11.6 Å². The molecule has 16 heavy (non-hydrogen) atoms. The molecule has 2 rings (SSSR count). The summed E-state index contributed by atoms with van der Waals surface area (Å²) < 4.78 is 38.7. The van der Waals surface area contributed by atoms with Crippen molar-refractivity contribution in [2.75, 3.05) is 5.32 Å². The fourth-order valence-electron chi connectivity index (χ4n) is 1.22. The summed E-state index contributed by atoms with van der Waals surface area (Å²) in [5.41, 5.74) is 0.596. The average molecular weight is 227 g/mol. The van der Waals surface area contributed by atoms with Crippen LogP contribution in [0.1, 0.15) is 5.69 Å². The number of aryl methyl sites for hydroxylation is 1. The number of H-pyrrole nitrogens is 1. The number of hydrogen-bond donors (Lipinski definition) is 2. The number of halogens is 3. The first-order chi connectivity index (χ1) is 7.56. The summed E-state index contributed by atoms with van der Waals surface area (Å²) in [4.78, 5) is 6.64. The maximum atomic E-state index is 13.2. The molecule has 3 nitrogen and oxygen atoms in total. The predicted molar refractivity (Wildman–Crippen MR) is 52.9 cm³/mol. The molecule has 0 unspecified atom stereocenters. The minimum Gasteiger partial charge on any atom is -0.328 e. The number of aromatic nitrogens is 2. The SMILES string of the molecule is Cc1cnc(Nc2cc(F)c(F)cc2F)[nH]1. The number of anilines is 2. The Labute approximate surface area is 89.3 Å². The molecule has 0 spiro atoms. The molecule has 0 amide bonds. The second-order valence-electron chi connectivity index (χ2n) is 3.29. The Morgan fingerprint density at radius 1 is 1.12 bits per heavy atom. The lowest BCUT2D eigenvalue weighted by Crippen LogP contribution is -1.98. The normalized spacial score (nSPS) is 10.5. The maximum Gasteiger partial charge on any atom is 0.204 e. The number of rotatable bonds is 2. The number of nitrogens with one attached hydrogen (secondary N) is 2. The number of imidazole rings is 1. The standard InChI is InChI=1S/C10H8F3N3/c1-5-4-14-10(15-5)16-9-3-7(12)6(11)2-8(9)13/h2-4H,1H3,(H2,14,15,16). The Morgan fingerprint density at radius 2 is 1.81 bits per heavy atom. The van der Waals surface area contributed by atoms with Gasteiger partial charge in [-0.1, -0.05) is 0 Å². The Hall–Kier alpha value is -1.98. The van der Waals surface area contributed by atoms with Gasteiger partial charge >= 0.3 is 0 Å². The maximum absolute atomic E-state index is 13.2. The summed E-state index contributed by atoms with van der Waals surface area (Å²) in [7, 11) is 0. The average Bonchev–Trinajstić information content (AvgIpc) is 2.60. The van der Waals surface area contributed by atoms with Crippen LogP contribution < -0.4 is 5.32 Å². The van der Waals surface area contributed by atoms with Crippen LogP contribution in [-0.2, 0) is 0 Å². The molecular weight excluding hydrogens is 219 g/mol. The van der Waals surface area contributed by atoms with Crippen LogP contribution in [-0.4, -0.2) is 9.97 Å². The first-order valence-corrected chi connectivity index (χ1v) is 4.49. The molecule has 84 valence electrons. The molecule has 2 N–H and O–H groups in total. The van der Waals surface area contributed by atoms with E-state index in [1.54, 1.807) is 6.92 Å². The van der Waals surface area contributed by atoms with Gasteiger partial charge in [-0.3, -0.25) is 0 Å². The first kappa shape index (κ1) is 10.5. The van der Waals surface area contributed by atoms with Gasteiger partial charge in [0.2, 0.25) is 5.95 Å². The molecular formula is C10H8F3N3. The summed E-state index contributed by atoms with van der Waals surface area (Å²) in [5.74, 6) is -2.96. The molecule has 0 saturated carbocycles. The van der Waals surface area contributed by atoms with E-state index in [4.69, 9.17) is 0 Å². The Balaban J connectivity index is 2.31. The molecule has 0 aliphatic rings. The molecule has 0 saturated heterocycles. The predicted octanol–water partition coefficient (Wildman–Crippen LogP) is 2.88. The van der Waals surface area contributed by atoms with Crippen molar-refractivity contribution in [3.05, 3.63) is 41.5 Å². The third-order valence-electron chi connectivity index (χ3n) is 1.97. The lowest BCUT2D eigenvalue weighted by atomic mass is 10.3. The van der Waals surface area contributed by atoms with E-state index in [0.717, 1.165) is 11.8 Å². The highest BCUT2D eigenvalue weighted by Gasteiger charge is 2.10. The van der Waals surface area contributed by atoms with Gasteiger partial charge in [-0.2, -0.15) is 0 Å². The fraction of sp³-hybridized carbons (Fsp3) is 0.100. The lowest BCUT2D eigenvalue weighted by molar-refractivity contribution is 0.496. The van der Waals surface area contributed by atoms with Crippen molar-refractivity contribution in [2.45, 2.75) is 6.92 Å². The molecule has 1 aromatic carbocycles. The van der Waals surface area contributed by atoms with Gasteiger partial charge < -0.3 is 10.3 Å². The lowest BCUT2D eigenvalue weighted by Gasteiger charge is -2.04. The van der Waals surface area contributed by atoms with Crippen molar-refractivity contribution in [2.24, 2.45) is 0 Å². The minimum absolute atomic E-state index is 0.173.